The van der Waals surface area contributed by atoms with E-state index < -0.39 is 10.0 Å². The Morgan fingerprint density at radius 1 is 1.17 bits per heavy atom. The van der Waals surface area contributed by atoms with E-state index >= 15 is 0 Å². The van der Waals surface area contributed by atoms with Crippen LogP contribution in [0.2, 0.25) is 0 Å². The van der Waals surface area contributed by atoms with E-state index in [1.165, 1.54) is 5.56 Å². The fourth-order valence-corrected chi connectivity index (χ4v) is 5.76. The lowest BCUT2D eigenvalue weighted by atomic mass is 9.99. The number of aromatic nitrogens is 3. The van der Waals surface area contributed by atoms with Gasteiger partial charge in [0.15, 0.2) is 5.65 Å². The van der Waals surface area contributed by atoms with E-state index in [1.807, 2.05) is 31.2 Å². The number of aryl methyl sites for hydroxylation is 2. The Bertz CT molecular complexity index is 1090. The van der Waals surface area contributed by atoms with Crippen LogP contribution in [-0.2, 0) is 23.0 Å². The van der Waals surface area contributed by atoms with Gasteiger partial charge in [0.1, 0.15) is 11.3 Å². The van der Waals surface area contributed by atoms with E-state index in [0.717, 1.165) is 49.2 Å². The zero-order valence-corrected chi connectivity index (χ0v) is 17.9. The average Bonchev–Trinajstić information content (AvgIpc) is 3.04. The highest BCUT2D eigenvalue weighted by molar-refractivity contribution is 7.89. The summed E-state index contributed by atoms with van der Waals surface area (Å²) in [4.78, 5) is 9.45. The van der Waals surface area contributed by atoms with Crippen LogP contribution in [0.3, 0.4) is 0 Å². The molecule has 1 aliphatic rings. The van der Waals surface area contributed by atoms with Crippen LogP contribution in [0, 0.1) is 12.8 Å². The minimum absolute atomic E-state index is 0.246. The summed E-state index contributed by atoms with van der Waals surface area (Å²) in [6.07, 6.45) is 5.68. The fraction of sp³-hybridized carbons (Fsp3) is 0.455. The Labute approximate surface area is 172 Å². The topological polar surface area (TPSA) is 68.1 Å². The van der Waals surface area contributed by atoms with Crippen LogP contribution < -0.4 is 0 Å². The summed E-state index contributed by atoms with van der Waals surface area (Å²) < 4.78 is 30.1. The molecule has 1 aliphatic heterocycles. The maximum atomic E-state index is 13.2. The van der Waals surface area contributed by atoms with Gasteiger partial charge in [-0.2, -0.15) is 4.31 Å². The van der Waals surface area contributed by atoms with Gasteiger partial charge in [-0.3, -0.25) is 0 Å². The van der Waals surface area contributed by atoms with Gasteiger partial charge in [-0.15, -0.1) is 0 Å². The molecular weight excluding hydrogens is 384 g/mol. The number of benzene rings is 1. The molecule has 1 aromatic carbocycles. The van der Waals surface area contributed by atoms with E-state index in [9.17, 15) is 8.42 Å². The van der Waals surface area contributed by atoms with Crippen LogP contribution in [-0.4, -0.2) is 40.3 Å². The SMILES string of the molecule is CCCc1ccc(S(=O)(=O)N2CCCC(Cn3c(C)nc4cccnc43)C2)cc1. The lowest BCUT2D eigenvalue weighted by Crippen LogP contribution is -2.41. The monoisotopic (exact) mass is 412 g/mol. The normalized spacial score (nSPS) is 18.3. The maximum Gasteiger partial charge on any atom is 0.243 e. The van der Waals surface area contributed by atoms with Gasteiger partial charge in [-0.05, 0) is 61.9 Å². The zero-order valence-electron chi connectivity index (χ0n) is 17.1. The summed E-state index contributed by atoms with van der Waals surface area (Å²) >= 11 is 0. The number of piperidine rings is 1. The molecule has 2 aromatic heterocycles. The molecule has 0 radical (unpaired) electrons. The second-order valence-corrected chi connectivity index (χ2v) is 9.82. The number of hydrogen-bond donors (Lipinski definition) is 0. The Kier molecular flexibility index (Phi) is 5.69. The minimum Gasteiger partial charge on any atom is -0.313 e. The first-order valence-corrected chi connectivity index (χ1v) is 11.8. The molecule has 0 amide bonds. The number of sulfonamides is 1. The van der Waals surface area contributed by atoms with Crippen molar-refractivity contribution in [1.29, 1.82) is 0 Å². The summed E-state index contributed by atoms with van der Waals surface area (Å²) in [5.74, 6) is 1.17. The first-order chi connectivity index (χ1) is 14.0. The van der Waals surface area contributed by atoms with Crippen molar-refractivity contribution >= 4 is 21.2 Å². The molecule has 0 N–H and O–H groups in total. The smallest absolute Gasteiger partial charge is 0.243 e. The Morgan fingerprint density at radius 2 is 1.97 bits per heavy atom. The number of nitrogens with zero attached hydrogens (tertiary/aromatic N) is 4. The number of imidazole rings is 1. The molecule has 29 heavy (non-hydrogen) atoms. The predicted molar refractivity (Wildman–Crippen MR) is 114 cm³/mol. The number of rotatable bonds is 6. The Hall–Kier alpha value is -2.25. The lowest BCUT2D eigenvalue weighted by molar-refractivity contribution is 0.245. The summed E-state index contributed by atoms with van der Waals surface area (Å²) in [6.45, 7) is 5.96. The quantitative estimate of drug-likeness (QED) is 0.618. The Morgan fingerprint density at radius 3 is 2.72 bits per heavy atom. The first kappa shape index (κ1) is 20.0. The number of pyridine rings is 1. The van der Waals surface area contributed by atoms with E-state index in [4.69, 9.17) is 0 Å². The predicted octanol–water partition coefficient (Wildman–Crippen LogP) is 3.79. The van der Waals surface area contributed by atoms with Crippen LogP contribution in [0.25, 0.3) is 11.2 Å². The molecule has 0 aliphatic carbocycles. The third-order valence-electron chi connectivity index (χ3n) is 5.72. The molecule has 0 saturated carbocycles. The highest BCUT2D eigenvalue weighted by Crippen LogP contribution is 2.26. The van der Waals surface area contributed by atoms with Crippen molar-refractivity contribution in [3.63, 3.8) is 0 Å². The minimum atomic E-state index is -3.47. The largest absolute Gasteiger partial charge is 0.313 e. The van der Waals surface area contributed by atoms with Crippen molar-refractivity contribution < 1.29 is 8.42 Å². The van der Waals surface area contributed by atoms with Gasteiger partial charge in [-0.1, -0.05) is 25.5 Å². The molecular formula is C22H28N4O2S. The van der Waals surface area contributed by atoms with E-state index in [1.54, 1.807) is 22.6 Å². The zero-order chi connectivity index (χ0) is 20.4. The molecule has 1 fully saturated rings. The molecule has 6 nitrogen and oxygen atoms in total. The van der Waals surface area contributed by atoms with Crippen molar-refractivity contribution in [3.8, 4) is 0 Å². The van der Waals surface area contributed by atoms with E-state index in [0.29, 0.717) is 18.0 Å². The number of fused-ring (bicyclic) bond motifs is 1. The highest BCUT2D eigenvalue weighted by Gasteiger charge is 2.30. The van der Waals surface area contributed by atoms with Gasteiger partial charge < -0.3 is 4.57 Å². The molecule has 7 heteroatoms. The first-order valence-electron chi connectivity index (χ1n) is 10.4. The van der Waals surface area contributed by atoms with E-state index in [2.05, 4.69) is 21.5 Å². The maximum absolute atomic E-state index is 13.2. The van der Waals surface area contributed by atoms with E-state index in [-0.39, 0.29) is 5.92 Å². The molecule has 4 rings (SSSR count). The van der Waals surface area contributed by atoms with Gasteiger partial charge in [0, 0.05) is 25.8 Å². The molecule has 3 aromatic rings. The molecule has 0 bridgehead atoms. The van der Waals surface area contributed by atoms with Gasteiger partial charge in [0.05, 0.1) is 4.90 Å². The molecule has 1 saturated heterocycles. The Balaban J connectivity index is 1.52. The average molecular weight is 413 g/mol. The molecule has 0 spiro atoms. The summed E-state index contributed by atoms with van der Waals surface area (Å²) in [5, 5.41) is 0. The van der Waals surface area contributed by atoms with Gasteiger partial charge in [0.25, 0.3) is 0 Å². The van der Waals surface area contributed by atoms with Crippen molar-refractivity contribution in [2.75, 3.05) is 13.1 Å². The van der Waals surface area contributed by atoms with Crippen LogP contribution in [0.15, 0.2) is 47.5 Å². The highest BCUT2D eigenvalue weighted by atomic mass is 32.2. The van der Waals surface area contributed by atoms with Crippen LogP contribution >= 0.6 is 0 Å². The molecule has 154 valence electrons. The fourth-order valence-electron chi connectivity index (χ4n) is 4.21. The third kappa shape index (κ3) is 4.07. The van der Waals surface area contributed by atoms with Gasteiger partial charge >= 0.3 is 0 Å². The van der Waals surface area contributed by atoms with Crippen LogP contribution in [0.4, 0.5) is 0 Å². The van der Waals surface area contributed by atoms with Crippen LogP contribution in [0.5, 0.6) is 0 Å². The molecule has 1 unspecified atom stereocenters. The van der Waals surface area contributed by atoms with Gasteiger partial charge in [-0.25, -0.2) is 18.4 Å². The van der Waals surface area contributed by atoms with Crippen molar-refractivity contribution in [2.45, 2.75) is 51.0 Å². The standard InChI is InChI=1S/C22H28N4O2S/c1-3-6-18-9-11-20(12-10-18)29(27,28)25-14-5-7-19(15-25)16-26-17(2)24-21-8-4-13-23-22(21)26/h4,8-13,19H,3,5-7,14-16H2,1-2H3. The van der Waals surface area contributed by atoms with Crippen molar-refractivity contribution in [1.82, 2.24) is 18.8 Å². The number of hydrogen-bond acceptors (Lipinski definition) is 4. The summed E-state index contributed by atoms with van der Waals surface area (Å²) in [6, 6.07) is 11.2. The van der Waals surface area contributed by atoms with Crippen molar-refractivity contribution in [3.05, 3.63) is 54.0 Å². The second-order valence-electron chi connectivity index (χ2n) is 7.88. The van der Waals surface area contributed by atoms with Crippen molar-refractivity contribution in [2.24, 2.45) is 5.92 Å². The molecule has 3 heterocycles. The third-order valence-corrected chi connectivity index (χ3v) is 7.60. The van der Waals surface area contributed by atoms with Crippen LogP contribution in [0.1, 0.15) is 37.6 Å². The second kappa shape index (κ2) is 8.24. The van der Waals surface area contributed by atoms with Gasteiger partial charge in [0.2, 0.25) is 10.0 Å². The summed E-state index contributed by atoms with van der Waals surface area (Å²) in [7, 11) is -3.47. The molecule has 1 atom stereocenters. The lowest BCUT2D eigenvalue weighted by Gasteiger charge is -2.32. The summed E-state index contributed by atoms with van der Waals surface area (Å²) in [5.41, 5.74) is 2.94.